The van der Waals surface area contributed by atoms with E-state index in [1.807, 2.05) is 5.38 Å². The lowest BCUT2D eigenvalue weighted by Gasteiger charge is -2.29. The summed E-state index contributed by atoms with van der Waals surface area (Å²) in [4.78, 5) is 6.30. The predicted molar refractivity (Wildman–Crippen MR) is 54.8 cm³/mol. The molecule has 0 N–H and O–H groups in total. The summed E-state index contributed by atoms with van der Waals surface area (Å²) in [6.07, 6.45) is 1.92. The minimum atomic E-state index is 0.178. The SMILES string of the molecule is CN1CCOC(COc2nccs2)C1. The van der Waals surface area contributed by atoms with Crippen LogP contribution in [0.1, 0.15) is 0 Å². The fourth-order valence-electron chi connectivity index (χ4n) is 1.41. The second kappa shape index (κ2) is 4.72. The molecule has 78 valence electrons. The zero-order chi connectivity index (χ0) is 9.80. The highest BCUT2D eigenvalue weighted by Crippen LogP contribution is 2.14. The predicted octanol–water partition coefficient (Wildman–Crippen LogP) is 0.852. The molecule has 0 radical (unpaired) electrons. The molecule has 1 atom stereocenters. The van der Waals surface area contributed by atoms with Crippen LogP contribution in [0.4, 0.5) is 0 Å². The molecule has 1 aliphatic rings. The Labute approximate surface area is 87.5 Å². The fraction of sp³-hybridized carbons (Fsp3) is 0.667. The van der Waals surface area contributed by atoms with Gasteiger partial charge in [0.25, 0.3) is 5.19 Å². The Balaban J connectivity index is 1.75. The average molecular weight is 214 g/mol. The minimum Gasteiger partial charge on any atom is -0.467 e. The van der Waals surface area contributed by atoms with E-state index in [0.717, 1.165) is 24.9 Å². The van der Waals surface area contributed by atoms with Gasteiger partial charge in [0.05, 0.1) is 6.61 Å². The Kier molecular flexibility index (Phi) is 3.34. The number of nitrogens with zero attached hydrogens (tertiary/aromatic N) is 2. The number of likely N-dealkylation sites (N-methyl/N-ethyl adjacent to an activating group) is 1. The van der Waals surface area contributed by atoms with Crippen LogP contribution >= 0.6 is 11.3 Å². The first-order chi connectivity index (χ1) is 6.84. The number of hydrogen-bond acceptors (Lipinski definition) is 5. The molecule has 2 rings (SSSR count). The van der Waals surface area contributed by atoms with Crippen molar-refractivity contribution < 1.29 is 9.47 Å². The molecule has 0 spiro atoms. The van der Waals surface area contributed by atoms with E-state index in [2.05, 4.69) is 16.9 Å². The van der Waals surface area contributed by atoms with Gasteiger partial charge in [0.2, 0.25) is 0 Å². The van der Waals surface area contributed by atoms with Crippen LogP contribution in [0.3, 0.4) is 0 Å². The van der Waals surface area contributed by atoms with Crippen molar-refractivity contribution in [3.63, 3.8) is 0 Å². The second-order valence-electron chi connectivity index (χ2n) is 3.36. The Morgan fingerprint density at radius 3 is 3.43 bits per heavy atom. The van der Waals surface area contributed by atoms with Gasteiger partial charge in [0.1, 0.15) is 12.7 Å². The zero-order valence-electron chi connectivity index (χ0n) is 8.18. The maximum absolute atomic E-state index is 5.56. The van der Waals surface area contributed by atoms with Gasteiger partial charge in [0, 0.05) is 24.7 Å². The van der Waals surface area contributed by atoms with Crippen LogP contribution in [-0.2, 0) is 4.74 Å². The van der Waals surface area contributed by atoms with E-state index >= 15 is 0 Å². The highest BCUT2D eigenvalue weighted by molar-refractivity contribution is 7.11. The van der Waals surface area contributed by atoms with Crippen molar-refractivity contribution in [1.29, 1.82) is 0 Å². The number of thiazole rings is 1. The van der Waals surface area contributed by atoms with Crippen LogP contribution in [0.5, 0.6) is 5.19 Å². The zero-order valence-corrected chi connectivity index (χ0v) is 9.00. The first kappa shape index (κ1) is 9.89. The molecule has 0 amide bonds. The molecule has 1 unspecified atom stereocenters. The van der Waals surface area contributed by atoms with E-state index in [0.29, 0.717) is 6.61 Å². The Morgan fingerprint density at radius 1 is 1.79 bits per heavy atom. The van der Waals surface area contributed by atoms with Crippen molar-refractivity contribution in [1.82, 2.24) is 9.88 Å². The molecule has 0 aliphatic carbocycles. The largest absolute Gasteiger partial charge is 0.467 e. The summed E-state index contributed by atoms with van der Waals surface area (Å²) < 4.78 is 11.0. The molecular weight excluding hydrogens is 200 g/mol. The van der Waals surface area contributed by atoms with Crippen molar-refractivity contribution >= 4 is 11.3 Å². The molecule has 0 bridgehead atoms. The lowest BCUT2D eigenvalue weighted by atomic mass is 10.3. The van der Waals surface area contributed by atoms with E-state index < -0.39 is 0 Å². The molecule has 1 saturated heterocycles. The maximum atomic E-state index is 5.56. The highest BCUT2D eigenvalue weighted by Gasteiger charge is 2.18. The van der Waals surface area contributed by atoms with Gasteiger partial charge < -0.3 is 14.4 Å². The molecular formula is C9H14N2O2S. The van der Waals surface area contributed by atoms with Gasteiger partial charge in [-0.15, -0.1) is 0 Å². The number of aromatic nitrogens is 1. The van der Waals surface area contributed by atoms with Gasteiger partial charge in [0.15, 0.2) is 0 Å². The van der Waals surface area contributed by atoms with E-state index in [4.69, 9.17) is 9.47 Å². The van der Waals surface area contributed by atoms with Crippen molar-refractivity contribution in [3.05, 3.63) is 11.6 Å². The van der Waals surface area contributed by atoms with Crippen molar-refractivity contribution in [2.75, 3.05) is 33.4 Å². The van der Waals surface area contributed by atoms with Crippen LogP contribution in [0.2, 0.25) is 0 Å². The Bertz CT molecular complexity index is 266. The molecule has 1 fully saturated rings. The van der Waals surface area contributed by atoms with Gasteiger partial charge in [-0.2, -0.15) is 0 Å². The van der Waals surface area contributed by atoms with Crippen LogP contribution in [0.15, 0.2) is 11.6 Å². The van der Waals surface area contributed by atoms with Crippen LogP contribution in [0.25, 0.3) is 0 Å². The van der Waals surface area contributed by atoms with E-state index in [1.54, 1.807) is 6.20 Å². The monoisotopic (exact) mass is 214 g/mol. The highest BCUT2D eigenvalue weighted by atomic mass is 32.1. The van der Waals surface area contributed by atoms with Gasteiger partial charge in [-0.05, 0) is 7.05 Å². The van der Waals surface area contributed by atoms with Crippen molar-refractivity contribution in [2.45, 2.75) is 6.10 Å². The molecule has 4 nitrogen and oxygen atoms in total. The minimum absolute atomic E-state index is 0.178. The standard InChI is InChI=1S/C9H14N2O2S/c1-11-3-4-12-8(6-11)7-13-9-10-2-5-14-9/h2,5,8H,3-4,6-7H2,1H3. The molecule has 2 heterocycles. The van der Waals surface area contributed by atoms with Gasteiger partial charge in [-0.3, -0.25) is 0 Å². The number of rotatable bonds is 3. The maximum Gasteiger partial charge on any atom is 0.273 e. The summed E-state index contributed by atoms with van der Waals surface area (Å²) in [6, 6.07) is 0. The third kappa shape index (κ3) is 2.67. The van der Waals surface area contributed by atoms with E-state index in [1.165, 1.54) is 11.3 Å². The Morgan fingerprint density at radius 2 is 2.71 bits per heavy atom. The molecule has 14 heavy (non-hydrogen) atoms. The Hall–Kier alpha value is -0.650. The lowest BCUT2D eigenvalue weighted by molar-refractivity contribution is -0.0403. The second-order valence-corrected chi connectivity index (χ2v) is 4.22. The average Bonchev–Trinajstić information content (AvgIpc) is 2.67. The summed E-state index contributed by atoms with van der Waals surface area (Å²) >= 11 is 1.51. The molecule has 1 aromatic heterocycles. The molecule has 1 aromatic rings. The smallest absolute Gasteiger partial charge is 0.273 e. The number of morpholine rings is 1. The third-order valence-electron chi connectivity index (χ3n) is 2.14. The number of hydrogen-bond donors (Lipinski definition) is 0. The summed E-state index contributed by atoms with van der Waals surface area (Å²) in [5.74, 6) is 0. The van der Waals surface area contributed by atoms with Crippen LogP contribution in [-0.4, -0.2) is 49.3 Å². The topological polar surface area (TPSA) is 34.6 Å². The van der Waals surface area contributed by atoms with E-state index in [9.17, 15) is 0 Å². The third-order valence-corrected chi connectivity index (χ3v) is 2.83. The quantitative estimate of drug-likeness (QED) is 0.747. The van der Waals surface area contributed by atoms with Crippen molar-refractivity contribution in [2.24, 2.45) is 0 Å². The molecule has 0 aromatic carbocycles. The molecule has 5 heteroatoms. The van der Waals surface area contributed by atoms with Crippen molar-refractivity contribution in [3.8, 4) is 5.19 Å². The van der Waals surface area contributed by atoms with E-state index in [-0.39, 0.29) is 6.10 Å². The first-order valence-electron chi connectivity index (χ1n) is 4.67. The molecule has 1 aliphatic heterocycles. The van der Waals surface area contributed by atoms with Crippen LogP contribution < -0.4 is 4.74 Å². The summed E-state index contributed by atoms with van der Waals surface area (Å²) in [5.41, 5.74) is 0. The van der Waals surface area contributed by atoms with Gasteiger partial charge >= 0.3 is 0 Å². The van der Waals surface area contributed by atoms with Gasteiger partial charge in [-0.1, -0.05) is 11.3 Å². The van der Waals surface area contributed by atoms with Gasteiger partial charge in [-0.25, -0.2) is 4.98 Å². The van der Waals surface area contributed by atoms with Crippen LogP contribution in [0, 0.1) is 0 Å². The fourth-order valence-corrected chi connectivity index (χ4v) is 1.91. The summed E-state index contributed by atoms with van der Waals surface area (Å²) in [5, 5.41) is 2.63. The summed E-state index contributed by atoms with van der Waals surface area (Å²) in [7, 11) is 2.10. The number of ether oxygens (including phenoxy) is 2. The normalized spacial score (nSPS) is 23.6. The molecule has 0 saturated carbocycles. The lowest BCUT2D eigenvalue weighted by Crippen LogP contribution is -2.42. The first-order valence-corrected chi connectivity index (χ1v) is 5.55. The summed E-state index contributed by atoms with van der Waals surface area (Å²) in [6.45, 7) is 3.33.